The van der Waals surface area contributed by atoms with Crippen molar-refractivity contribution >= 4 is 50.1 Å². The lowest BCUT2D eigenvalue weighted by Gasteiger charge is -2.09. The highest BCUT2D eigenvalue weighted by Crippen LogP contribution is 2.39. The van der Waals surface area contributed by atoms with Gasteiger partial charge in [-0.3, -0.25) is 5.43 Å². The molecule has 3 rings (SSSR count). The first-order valence-electron chi connectivity index (χ1n) is 9.09. The summed E-state index contributed by atoms with van der Waals surface area (Å²) in [7, 11) is -3.80. The second-order valence-electron chi connectivity index (χ2n) is 6.73. The Morgan fingerprint density at radius 2 is 1.73 bits per heavy atom. The number of thiocarbonyl (C=S) groups is 1. The molecule has 5 N–H and O–H groups in total. The minimum atomic E-state index is -4.44. The Bertz CT molecular complexity index is 1300. The van der Waals surface area contributed by atoms with Gasteiger partial charge in [-0.05, 0) is 61.1 Å². The van der Waals surface area contributed by atoms with Crippen molar-refractivity contribution in [3.05, 3.63) is 65.0 Å². The van der Waals surface area contributed by atoms with Crippen LogP contribution < -0.4 is 15.9 Å². The molecule has 0 saturated heterocycles. The molecule has 0 atom stereocenters. The number of primary sulfonamides is 1. The van der Waals surface area contributed by atoms with E-state index in [9.17, 15) is 26.7 Å². The molecule has 174 valence electrons. The van der Waals surface area contributed by atoms with Gasteiger partial charge in [0.1, 0.15) is 5.75 Å². The Hall–Kier alpha value is -3.00. The predicted octanol–water partition coefficient (Wildman–Crippen LogP) is 4.50. The largest absolute Gasteiger partial charge is 0.506 e. The fourth-order valence-corrected chi connectivity index (χ4v) is 4.40. The predicted molar refractivity (Wildman–Crippen MR) is 126 cm³/mol. The first kappa shape index (κ1) is 24.6. The average molecular weight is 515 g/mol. The molecule has 33 heavy (non-hydrogen) atoms. The number of rotatable bonds is 5. The van der Waals surface area contributed by atoms with Crippen LogP contribution in [0, 0.1) is 0 Å². The number of nitrogens with one attached hydrogen (secondary N) is 2. The zero-order chi connectivity index (χ0) is 24.4. The van der Waals surface area contributed by atoms with E-state index in [1.54, 1.807) is 12.3 Å². The number of thiophene rings is 1. The van der Waals surface area contributed by atoms with Crippen molar-refractivity contribution in [1.29, 1.82) is 0 Å². The quantitative estimate of drug-likeness (QED) is 0.226. The molecule has 0 aliphatic carbocycles. The van der Waals surface area contributed by atoms with Gasteiger partial charge in [-0.2, -0.15) is 18.3 Å². The number of aromatic hydroxyl groups is 1. The molecule has 0 fully saturated rings. The van der Waals surface area contributed by atoms with E-state index in [1.807, 2.05) is 0 Å². The third-order valence-corrected chi connectivity index (χ3v) is 6.54. The second kappa shape index (κ2) is 9.47. The molecule has 0 radical (unpaired) electrons. The van der Waals surface area contributed by atoms with Gasteiger partial charge in [-0.25, -0.2) is 13.6 Å². The van der Waals surface area contributed by atoms with Crippen LogP contribution in [0.5, 0.6) is 5.75 Å². The Kier molecular flexibility index (Phi) is 7.07. The first-order chi connectivity index (χ1) is 15.4. The van der Waals surface area contributed by atoms with Crippen LogP contribution in [0.1, 0.15) is 18.1 Å². The van der Waals surface area contributed by atoms with E-state index in [2.05, 4.69) is 15.8 Å². The van der Waals surface area contributed by atoms with Crippen molar-refractivity contribution in [2.45, 2.75) is 18.0 Å². The maximum Gasteiger partial charge on any atom is 0.416 e. The van der Waals surface area contributed by atoms with Crippen LogP contribution in [-0.4, -0.2) is 24.3 Å². The fourth-order valence-electron chi connectivity index (χ4n) is 2.71. The third kappa shape index (κ3) is 6.07. The topological polar surface area (TPSA) is 117 Å². The van der Waals surface area contributed by atoms with Gasteiger partial charge in [0.15, 0.2) is 5.11 Å². The van der Waals surface area contributed by atoms with E-state index < -0.39 is 21.8 Å². The number of hydrogen-bond donors (Lipinski definition) is 4. The summed E-state index contributed by atoms with van der Waals surface area (Å²) in [5, 5.41) is 24.3. The van der Waals surface area contributed by atoms with Crippen LogP contribution in [-0.2, 0) is 16.2 Å². The van der Waals surface area contributed by atoms with Gasteiger partial charge in [0.25, 0.3) is 0 Å². The van der Waals surface area contributed by atoms with E-state index in [1.165, 1.54) is 36.4 Å². The van der Waals surface area contributed by atoms with Crippen LogP contribution in [0.3, 0.4) is 0 Å². The van der Waals surface area contributed by atoms with E-state index in [4.69, 9.17) is 17.4 Å². The highest BCUT2D eigenvalue weighted by atomic mass is 32.2. The van der Waals surface area contributed by atoms with Gasteiger partial charge < -0.3 is 10.4 Å². The first-order valence-corrected chi connectivity index (χ1v) is 11.9. The molecule has 0 unspecified atom stereocenters. The third-order valence-electron chi connectivity index (χ3n) is 4.39. The minimum Gasteiger partial charge on any atom is -0.506 e. The lowest BCUT2D eigenvalue weighted by Crippen LogP contribution is -2.25. The lowest BCUT2D eigenvalue weighted by molar-refractivity contribution is -0.137. The molecule has 1 heterocycles. The van der Waals surface area contributed by atoms with E-state index >= 15 is 0 Å². The highest BCUT2D eigenvalue weighted by Gasteiger charge is 2.30. The van der Waals surface area contributed by atoms with E-state index in [0.29, 0.717) is 27.4 Å². The summed E-state index contributed by atoms with van der Waals surface area (Å²) in [6.45, 7) is 1.62. The molecule has 2 aromatic carbocycles. The van der Waals surface area contributed by atoms with E-state index in [0.717, 1.165) is 23.5 Å². The van der Waals surface area contributed by atoms with Gasteiger partial charge in [-0.1, -0.05) is 12.1 Å². The molecule has 0 amide bonds. The number of alkyl halides is 3. The number of hydrazone groups is 1. The highest BCUT2D eigenvalue weighted by molar-refractivity contribution is 7.89. The lowest BCUT2D eigenvalue weighted by atomic mass is 10.1. The van der Waals surface area contributed by atoms with Crippen LogP contribution in [0.25, 0.3) is 10.4 Å². The number of nitrogens with two attached hydrogens (primary N) is 1. The summed E-state index contributed by atoms with van der Waals surface area (Å²) >= 11 is 6.31. The molecule has 7 nitrogen and oxygen atoms in total. The number of hydrogen-bond acceptors (Lipinski definition) is 6. The molecule has 0 bridgehead atoms. The molecular weight excluding hydrogens is 497 g/mol. The van der Waals surface area contributed by atoms with E-state index in [-0.39, 0.29) is 15.8 Å². The smallest absolute Gasteiger partial charge is 0.416 e. The van der Waals surface area contributed by atoms with Crippen molar-refractivity contribution in [1.82, 2.24) is 5.43 Å². The number of nitrogens with zero attached hydrogens (tertiary/aromatic N) is 1. The monoisotopic (exact) mass is 514 g/mol. The van der Waals surface area contributed by atoms with Crippen LogP contribution in [0.15, 0.2) is 63.9 Å². The summed E-state index contributed by atoms with van der Waals surface area (Å²) in [6, 6.07) is 10.1. The Morgan fingerprint density at radius 1 is 1.12 bits per heavy atom. The zero-order valence-electron chi connectivity index (χ0n) is 16.8. The molecular formula is C20H17F3N4O3S3. The Balaban J connectivity index is 1.69. The summed E-state index contributed by atoms with van der Waals surface area (Å²) < 4.78 is 60.8. The van der Waals surface area contributed by atoms with Crippen LogP contribution in [0.4, 0.5) is 18.9 Å². The molecule has 13 heteroatoms. The summed E-state index contributed by atoms with van der Waals surface area (Å²) in [4.78, 5) is 0.362. The van der Waals surface area contributed by atoms with Gasteiger partial charge >= 0.3 is 6.18 Å². The maximum absolute atomic E-state index is 12.7. The summed E-state index contributed by atoms with van der Waals surface area (Å²) in [5.41, 5.74) is 3.55. The summed E-state index contributed by atoms with van der Waals surface area (Å²) in [6.07, 6.45) is -4.44. The molecule has 0 saturated carbocycles. The van der Waals surface area contributed by atoms with Gasteiger partial charge in [-0.15, -0.1) is 11.3 Å². The van der Waals surface area contributed by atoms with Gasteiger partial charge in [0.05, 0.1) is 26.6 Å². The summed E-state index contributed by atoms with van der Waals surface area (Å²) in [5.74, 6) is -0.111. The van der Waals surface area contributed by atoms with Crippen molar-refractivity contribution in [2.24, 2.45) is 10.2 Å². The van der Waals surface area contributed by atoms with Crippen molar-refractivity contribution in [3.8, 4) is 16.2 Å². The van der Waals surface area contributed by atoms with Gasteiger partial charge in [0, 0.05) is 11.1 Å². The molecule has 0 aliphatic heterocycles. The number of sulfonamides is 1. The molecule has 3 aromatic rings. The maximum atomic E-state index is 12.7. The van der Waals surface area contributed by atoms with Crippen LogP contribution in [0.2, 0.25) is 0 Å². The number of halogens is 3. The van der Waals surface area contributed by atoms with Crippen molar-refractivity contribution in [2.75, 3.05) is 5.32 Å². The van der Waals surface area contributed by atoms with Crippen molar-refractivity contribution < 1.29 is 26.7 Å². The standard InChI is InChI=1S/C20H17F3N4O3S3/c1-11(26-27-19(31)25-14-6-8-15(9-7-14)33(24,29)30)16-10-32-18(17(16)28)12-2-4-13(5-3-12)20(21,22)23/h2-10,28H,1H3,(H2,24,29,30)(H2,25,27,31)/b26-11+. The molecule has 0 spiro atoms. The SMILES string of the molecule is C/C(=N\NC(=S)Nc1ccc(S(N)(=O)=O)cc1)c1csc(-c2ccc(C(F)(F)F)cc2)c1O. The zero-order valence-corrected chi connectivity index (χ0v) is 19.3. The van der Waals surface area contributed by atoms with Gasteiger partial charge in [0.2, 0.25) is 10.0 Å². The Morgan fingerprint density at radius 3 is 2.27 bits per heavy atom. The minimum absolute atomic E-state index is 0.0439. The number of benzene rings is 2. The normalized spacial score (nSPS) is 12.5. The number of anilines is 1. The average Bonchev–Trinajstić information content (AvgIpc) is 3.12. The Labute approximate surface area is 196 Å². The molecule has 0 aliphatic rings. The molecule has 1 aromatic heterocycles. The van der Waals surface area contributed by atoms with Crippen molar-refractivity contribution in [3.63, 3.8) is 0 Å². The second-order valence-corrected chi connectivity index (χ2v) is 9.58. The van der Waals surface area contributed by atoms with Crippen LogP contribution >= 0.6 is 23.6 Å². The fraction of sp³-hybridized carbons (Fsp3) is 0.100.